The fourth-order valence-corrected chi connectivity index (χ4v) is 4.21. The van der Waals surface area contributed by atoms with Gasteiger partial charge in [-0.15, -0.1) is 10.2 Å². The molecule has 0 spiro atoms. The zero-order chi connectivity index (χ0) is 19.7. The molecule has 0 unspecified atom stereocenters. The van der Waals surface area contributed by atoms with Crippen LogP contribution in [-0.2, 0) is 11.3 Å². The number of imide groups is 1. The van der Waals surface area contributed by atoms with Gasteiger partial charge in [-0.25, -0.2) is 0 Å². The molecule has 1 aliphatic carbocycles. The number of rotatable bonds is 9. The first kappa shape index (κ1) is 18.7. The second-order valence-corrected chi connectivity index (χ2v) is 8.05. The third kappa shape index (κ3) is 3.66. The van der Waals surface area contributed by atoms with Gasteiger partial charge in [0.15, 0.2) is 5.16 Å². The second-order valence-electron chi connectivity index (χ2n) is 6.99. The number of thioether (sulfide) groups is 1. The first-order valence-corrected chi connectivity index (χ1v) is 10.3. The molecule has 0 bridgehead atoms. The van der Waals surface area contributed by atoms with Crippen molar-refractivity contribution >= 4 is 29.5 Å². The molecule has 3 amide bonds. The van der Waals surface area contributed by atoms with Crippen LogP contribution in [0.25, 0.3) is 0 Å². The number of aromatic nitrogens is 3. The van der Waals surface area contributed by atoms with E-state index in [2.05, 4.69) is 10.2 Å². The van der Waals surface area contributed by atoms with E-state index in [0.717, 1.165) is 23.8 Å². The smallest absolute Gasteiger partial charge is 0.261 e. The quantitative estimate of drug-likeness (QED) is 0.391. The molecule has 146 valence electrons. The minimum Gasteiger partial charge on any atom is -0.370 e. The molecule has 28 heavy (non-hydrogen) atoms. The highest BCUT2D eigenvalue weighted by molar-refractivity contribution is 7.99. The van der Waals surface area contributed by atoms with Crippen LogP contribution in [0.3, 0.4) is 0 Å². The van der Waals surface area contributed by atoms with Gasteiger partial charge in [0.1, 0.15) is 5.82 Å². The fraction of sp³-hybridized carbons (Fsp3) is 0.421. The Hall–Kier alpha value is -2.68. The number of carbonyl (C=O) groups excluding carboxylic acids is 3. The predicted molar refractivity (Wildman–Crippen MR) is 103 cm³/mol. The van der Waals surface area contributed by atoms with Crippen molar-refractivity contribution in [3.63, 3.8) is 0 Å². The van der Waals surface area contributed by atoms with Crippen LogP contribution in [0, 0.1) is 0 Å². The Balaban J connectivity index is 1.34. The van der Waals surface area contributed by atoms with Gasteiger partial charge in [0.05, 0.1) is 11.1 Å². The van der Waals surface area contributed by atoms with Gasteiger partial charge >= 0.3 is 0 Å². The van der Waals surface area contributed by atoms with Crippen molar-refractivity contribution in [2.75, 3.05) is 12.3 Å². The monoisotopic (exact) mass is 399 g/mol. The minimum absolute atomic E-state index is 0.230. The molecule has 0 saturated heterocycles. The summed E-state index contributed by atoms with van der Waals surface area (Å²) in [5, 5.41) is 9.30. The molecule has 1 aliphatic heterocycles. The lowest BCUT2D eigenvalue weighted by molar-refractivity contribution is -0.118. The number of benzene rings is 1. The van der Waals surface area contributed by atoms with E-state index in [-0.39, 0.29) is 24.1 Å². The van der Waals surface area contributed by atoms with Crippen LogP contribution in [0.15, 0.2) is 29.4 Å². The summed E-state index contributed by atoms with van der Waals surface area (Å²) < 4.78 is 1.98. The van der Waals surface area contributed by atoms with Gasteiger partial charge in [0, 0.05) is 31.2 Å². The van der Waals surface area contributed by atoms with Crippen LogP contribution in [0.2, 0.25) is 0 Å². The lowest BCUT2D eigenvalue weighted by Gasteiger charge is -2.13. The highest BCUT2D eigenvalue weighted by Crippen LogP contribution is 2.40. The zero-order valence-corrected chi connectivity index (χ0v) is 16.2. The van der Waals surface area contributed by atoms with E-state index in [1.54, 1.807) is 24.3 Å². The van der Waals surface area contributed by atoms with Crippen molar-refractivity contribution in [1.82, 2.24) is 19.7 Å². The summed E-state index contributed by atoms with van der Waals surface area (Å²) in [6, 6.07) is 6.90. The van der Waals surface area contributed by atoms with E-state index < -0.39 is 0 Å². The Morgan fingerprint density at radius 2 is 1.79 bits per heavy atom. The van der Waals surface area contributed by atoms with Gasteiger partial charge in [-0.2, -0.15) is 0 Å². The van der Waals surface area contributed by atoms with E-state index in [9.17, 15) is 14.4 Å². The van der Waals surface area contributed by atoms with Gasteiger partial charge < -0.3 is 10.3 Å². The third-order valence-electron chi connectivity index (χ3n) is 4.91. The van der Waals surface area contributed by atoms with E-state index in [4.69, 9.17) is 5.73 Å². The molecule has 9 heteroatoms. The summed E-state index contributed by atoms with van der Waals surface area (Å²) >= 11 is 1.52. The average molecular weight is 399 g/mol. The Morgan fingerprint density at radius 3 is 2.39 bits per heavy atom. The van der Waals surface area contributed by atoms with Crippen molar-refractivity contribution in [2.24, 2.45) is 5.73 Å². The number of carbonyl (C=O) groups is 3. The van der Waals surface area contributed by atoms with Crippen molar-refractivity contribution in [2.45, 2.75) is 43.3 Å². The van der Waals surface area contributed by atoms with Crippen molar-refractivity contribution in [3.05, 3.63) is 41.2 Å². The maximum absolute atomic E-state index is 12.4. The molecule has 8 nitrogen and oxygen atoms in total. The molecule has 2 aromatic rings. The van der Waals surface area contributed by atoms with E-state index in [0.29, 0.717) is 42.3 Å². The number of hydrogen-bond acceptors (Lipinski definition) is 6. The standard InChI is InChI=1S/C19H21N5O3S/c20-15(25)8-10-23-16(12-6-7-12)21-22-19(23)28-11-3-9-24-17(26)13-4-1-2-5-14(13)18(24)27/h1-2,4-5,12H,3,6-11H2,(H2,20,25). The zero-order valence-electron chi connectivity index (χ0n) is 15.3. The Kier molecular flexibility index (Phi) is 5.17. The molecule has 0 atom stereocenters. The fourth-order valence-electron chi connectivity index (χ4n) is 3.31. The highest BCUT2D eigenvalue weighted by Gasteiger charge is 2.34. The number of amides is 3. The third-order valence-corrected chi connectivity index (χ3v) is 5.96. The molecule has 1 aromatic carbocycles. The summed E-state index contributed by atoms with van der Waals surface area (Å²) in [4.78, 5) is 37.2. The van der Waals surface area contributed by atoms with E-state index in [1.807, 2.05) is 4.57 Å². The van der Waals surface area contributed by atoms with Gasteiger partial charge in [0.25, 0.3) is 11.8 Å². The van der Waals surface area contributed by atoms with Crippen LogP contribution < -0.4 is 5.73 Å². The molecule has 2 aliphatic rings. The van der Waals surface area contributed by atoms with Crippen LogP contribution in [0.1, 0.15) is 58.1 Å². The van der Waals surface area contributed by atoms with Crippen LogP contribution >= 0.6 is 11.8 Å². The van der Waals surface area contributed by atoms with Crippen LogP contribution in [-0.4, -0.2) is 49.7 Å². The minimum atomic E-state index is -0.350. The van der Waals surface area contributed by atoms with E-state index >= 15 is 0 Å². The molecular formula is C19H21N5O3S. The van der Waals surface area contributed by atoms with Crippen LogP contribution in [0.5, 0.6) is 0 Å². The summed E-state index contributed by atoms with van der Waals surface area (Å²) in [6.45, 7) is 0.846. The number of fused-ring (bicyclic) bond motifs is 1. The summed E-state index contributed by atoms with van der Waals surface area (Å²) in [5.41, 5.74) is 6.23. The van der Waals surface area contributed by atoms with Gasteiger partial charge in [-0.3, -0.25) is 19.3 Å². The topological polar surface area (TPSA) is 111 Å². The largest absolute Gasteiger partial charge is 0.370 e. The Labute approximate surface area is 166 Å². The second kappa shape index (κ2) is 7.75. The van der Waals surface area contributed by atoms with Crippen molar-refractivity contribution in [3.8, 4) is 0 Å². The van der Waals surface area contributed by atoms with Gasteiger partial charge in [0.2, 0.25) is 5.91 Å². The van der Waals surface area contributed by atoms with E-state index in [1.165, 1.54) is 16.7 Å². The number of primary amides is 1. The van der Waals surface area contributed by atoms with Gasteiger partial charge in [-0.1, -0.05) is 23.9 Å². The molecule has 4 rings (SSSR count). The van der Waals surface area contributed by atoms with Crippen LogP contribution in [0.4, 0.5) is 0 Å². The molecule has 1 fully saturated rings. The summed E-state index contributed by atoms with van der Waals surface area (Å²) in [7, 11) is 0. The molecular weight excluding hydrogens is 378 g/mol. The molecule has 2 heterocycles. The molecule has 1 saturated carbocycles. The Morgan fingerprint density at radius 1 is 1.11 bits per heavy atom. The summed E-state index contributed by atoms with van der Waals surface area (Å²) in [5.74, 6) is 1.22. The molecule has 2 N–H and O–H groups in total. The predicted octanol–water partition coefficient (Wildman–Crippen LogP) is 1.81. The average Bonchev–Trinajstić information content (AvgIpc) is 3.41. The van der Waals surface area contributed by atoms with Gasteiger partial charge in [-0.05, 0) is 31.4 Å². The number of nitrogens with two attached hydrogens (primary N) is 1. The van der Waals surface area contributed by atoms with Crippen molar-refractivity contribution < 1.29 is 14.4 Å². The SMILES string of the molecule is NC(=O)CCn1c(SCCCN2C(=O)c3ccccc3C2=O)nnc1C1CC1. The molecule has 1 aromatic heterocycles. The first-order valence-electron chi connectivity index (χ1n) is 9.35. The Bertz CT molecular complexity index is 902. The van der Waals surface area contributed by atoms with Crippen molar-refractivity contribution in [1.29, 1.82) is 0 Å². The maximum Gasteiger partial charge on any atom is 0.261 e. The maximum atomic E-state index is 12.4. The lowest BCUT2D eigenvalue weighted by Crippen LogP contribution is -2.31. The summed E-state index contributed by atoms with van der Waals surface area (Å²) in [6.07, 6.45) is 3.09. The highest BCUT2D eigenvalue weighted by atomic mass is 32.2. The number of hydrogen-bond donors (Lipinski definition) is 1. The normalized spacial score (nSPS) is 15.9. The first-order chi connectivity index (χ1) is 13.6. The molecule has 0 radical (unpaired) electrons. The lowest BCUT2D eigenvalue weighted by atomic mass is 10.1. The number of nitrogens with zero attached hydrogens (tertiary/aromatic N) is 4.